The van der Waals surface area contributed by atoms with Crippen molar-refractivity contribution < 1.29 is 9.90 Å². The standard InChI is InChI=1S/C14H16N2O2/c17-9-2-1-4-12-5-3-6-13(15-12)16-14(18)10-11-7-8-11/h3,5-6,11,17H,2,7-10H2,(H,15,16,18). The molecule has 0 bridgehead atoms. The molecule has 1 aliphatic rings. The normalized spacial score (nSPS) is 13.6. The largest absolute Gasteiger partial charge is 0.395 e. The number of hydrogen-bond donors (Lipinski definition) is 2. The molecule has 4 heteroatoms. The fourth-order valence-corrected chi connectivity index (χ4v) is 1.56. The first-order valence-corrected chi connectivity index (χ1v) is 6.14. The smallest absolute Gasteiger partial charge is 0.225 e. The van der Waals surface area contributed by atoms with Crippen LogP contribution in [0.5, 0.6) is 0 Å². The maximum Gasteiger partial charge on any atom is 0.225 e. The van der Waals surface area contributed by atoms with E-state index in [0.717, 1.165) is 12.8 Å². The Bertz CT molecular complexity index is 484. The van der Waals surface area contributed by atoms with Gasteiger partial charge in [-0.15, -0.1) is 0 Å². The summed E-state index contributed by atoms with van der Waals surface area (Å²) in [5.41, 5.74) is 0.604. The average Bonchev–Trinajstić information content (AvgIpc) is 3.13. The molecule has 0 atom stereocenters. The minimum atomic E-state index is 0.0190. The van der Waals surface area contributed by atoms with E-state index in [2.05, 4.69) is 22.1 Å². The molecule has 0 aromatic carbocycles. The molecule has 18 heavy (non-hydrogen) atoms. The van der Waals surface area contributed by atoms with Gasteiger partial charge in [-0.3, -0.25) is 4.79 Å². The highest BCUT2D eigenvalue weighted by Crippen LogP contribution is 2.32. The molecular formula is C14H16N2O2. The monoisotopic (exact) mass is 244 g/mol. The minimum absolute atomic E-state index is 0.0190. The van der Waals surface area contributed by atoms with Crippen LogP contribution in [-0.2, 0) is 4.79 Å². The summed E-state index contributed by atoms with van der Waals surface area (Å²) in [7, 11) is 0. The first-order valence-electron chi connectivity index (χ1n) is 6.14. The molecule has 0 radical (unpaired) electrons. The number of amides is 1. The maximum absolute atomic E-state index is 11.6. The van der Waals surface area contributed by atoms with Crippen LogP contribution in [-0.4, -0.2) is 22.6 Å². The van der Waals surface area contributed by atoms with Crippen molar-refractivity contribution in [2.75, 3.05) is 11.9 Å². The van der Waals surface area contributed by atoms with E-state index in [4.69, 9.17) is 5.11 Å². The van der Waals surface area contributed by atoms with E-state index in [9.17, 15) is 4.79 Å². The van der Waals surface area contributed by atoms with Gasteiger partial charge in [-0.2, -0.15) is 0 Å². The van der Waals surface area contributed by atoms with Gasteiger partial charge in [0.05, 0.1) is 6.61 Å². The van der Waals surface area contributed by atoms with Crippen molar-refractivity contribution in [2.24, 2.45) is 5.92 Å². The number of anilines is 1. The van der Waals surface area contributed by atoms with Gasteiger partial charge >= 0.3 is 0 Å². The lowest BCUT2D eigenvalue weighted by atomic mass is 10.3. The van der Waals surface area contributed by atoms with Gasteiger partial charge in [0, 0.05) is 12.8 Å². The summed E-state index contributed by atoms with van der Waals surface area (Å²) in [5, 5.41) is 11.4. The van der Waals surface area contributed by atoms with Gasteiger partial charge in [0.1, 0.15) is 11.5 Å². The summed E-state index contributed by atoms with van der Waals surface area (Å²) in [6.07, 6.45) is 3.34. The number of hydrogen-bond acceptors (Lipinski definition) is 3. The topological polar surface area (TPSA) is 62.2 Å². The Balaban J connectivity index is 1.93. The minimum Gasteiger partial charge on any atom is -0.395 e. The van der Waals surface area contributed by atoms with Gasteiger partial charge < -0.3 is 10.4 Å². The predicted octanol–water partition coefficient (Wildman–Crippen LogP) is 1.55. The van der Waals surface area contributed by atoms with E-state index in [-0.39, 0.29) is 12.5 Å². The molecule has 4 nitrogen and oxygen atoms in total. The quantitative estimate of drug-likeness (QED) is 0.790. The molecule has 1 aromatic rings. The van der Waals surface area contributed by atoms with Crippen molar-refractivity contribution in [1.29, 1.82) is 0 Å². The number of aliphatic hydroxyl groups is 1. The zero-order chi connectivity index (χ0) is 12.8. The molecular weight excluding hydrogens is 228 g/mol. The summed E-state index contributed by atoms with van der Waals surface area (Å²) in [6, 6.07) is 5.34. The number of rotatable bonds is 4. The molecule has 1 aromatic heterocycles. The van der Waals surface area contributed by atoms with E-state index >= 15 is 0 Å². The lowest BCUT2D eigenvalue weighted by Crippen LogP contribution is -2.13. The highest BCUT2D eigenvalue weighted by molar-refractivity contribution is 5.90. The van der Waals surface area contributed by atoms with Gasteiger partial charge in [-0.25, -0.2) is 4.98 Å². The van der Waals surface area contributed by atoms with E-state index < -0.39 is 0 Å². The van der Waals surface area contributed by atoms with Crippen molar-refractivity contribution in [2.45, 2.75) is 25.7 Å². The third-order valence-electron chi connectivity index (χ3n) is 2.64. The van der Waals surface area contributed by atoms with Crippen LogP contribution < -0.4 is 5.32 Å². The SMILES string of the molecule is O=C(CC1CC1)Nc1cccc(C#CCCO)n1. The Kier molecular flexibility index (Phi) is 4.32. The van der Waals surface area contributed by atoms with Gasteiger partial charge in [0.25, 0.3) is 0 Å². The van der Waals surface area contributed by atoms with Gasteiger partial charge in [-0.05, 0) is 36.8 Å². The highest BCUT2D eigenvalue weighted by atomic mass is 16.2. The first-order chi connectivity index (χ1) is 8.78. The molecule has 2 N–H and O–H groups in total. The average molecular weight is 244 g/mol. The van der Waals surface area contributed by atoms with Crippen LogP contribution in [0.4, 0.5) is 5.82 Å². The second-order valence-electron chi connectivity index (χ2n) is 4.38. The second-order valence-corrected chi connectivity index (χ2v) is 4.38. The number of aromatic nitrogens is 1. The third kappa shape index (κ3) is 4.19. The van der Waals surface area contributed by atoms with E-state index in [1.54, 1.807) is 12.1 Å². The van der Waals surface area contributed by atoms with Crippen molar-refractivity contribution in [3.8, 4) is 11.8 Å². The van der Waals surface area contributed by atoms with Crippen LogP contribution in [0.2, 0.25) is 0 Å². The van der Waals surface area contributed by atoms with E-state index in [1.165, 1.54) is 0 Å². The Hall–Kier alpha value is -1.86. The summed E-state index contributed by atoms with van der Waals surface area (Å²) in [6.45, 7) is 0.0464. The Labute approximate surface area is 106 Å². The van der Waals surface area contributed by atoms with Crippen LogP contribution >= 0.6 is 0 Å². The molecule has 94 valence electrons. The van der Waals surface area contributed by atoms with E-state index in [0.29, 0.717) is 30.3 Å². The number of carbonyl (C=O) groups excluding carboxylic acids is 1. The number of aliphatic hydroxyl groups excluding tert-OH is 1. The second kappa shape index (κ2) is 6.18. The fraction of sp³-hybridized carbons (Fsp3) is 0.429. The zero-order valence-corrected chi connectivity index (χ0v) is 10.1. The number of nitrogens with one attached hydrogen (secondary N) is 1. The summed E-state index contributed by atoms with van der Waals surface area (Å²) in [4.78, 5) is 15.8. The maximum atomic E-state index is 11.6. The molecule has 1 heterocycles. The highest BCUT2D eigenvalue weighted by Gasteiger charge is 2.24. The number of nitrogens with zero attached hydrogens (tertiary/aromatic N) is 1. The molecule has 1 amide bonds. The van der Waals surface area contributed by atoms with Crippen LogP contribution in [0.15, 0.2) is 18.2 Å². The lowest BCUT2D eigenvalue weighted by Gasteiger charge is -2.03. The van der Waals surface area contributed by atoms with Gasteiger partial charge in [0.2, 0.25) is 5.91 Å². The van der Waals surface area contributed by atoms with Crippen LogP contribution in [0.1, 0.15) is 31.4 Å². The molecule has 0 spiro atoms. The fourth-order valence-electron chi connectivity index (χ4n) is 1.56. The van der Waals surface area contributed by atoms with Crippen molar-refractivity contribution >= 4 is 11.7 Å². The third-order valence-corrected chi connectivity index (χ3v) is 2.64. The first kappa shape index (κ1) is 12.6. The van der Waals surface area contributed by atoms with Crippen LogP contribution in [0, 0.1) is 17.8 Å². The Morgan fingerprint density at radius 2 is 2.33 bits per heavy atom. The summed E-state index contributed by atoms with van der Waals surface area (Å²) in [5.74, 6) is 6.76. The van der Waals surface area contributed by atoms with Gasteiger partial charge in [-0.1, -0.05) is 12.0 Å². The molecule has 1 saturated carbocycles. The van der Waals surface area contributed by atoms with Crippen molar-refractivity contribution in [1.82, 2.24) is 4.98 Å². The predicted molar refractivity (Wildman–Crippen MR) is 68.8 cm³/mol. The van der Waals surface area contributed by atoms with Gasteiger partial charge in [0.15, 0.2) is 0 Å². The molecule has 0 unspecified atom stereocenters. The molecule has 0 saturated heterocycles. The zero-order valence-electron chi connectivity index (χ0n) is 10.1. The molecule has 1 fully saturated rings. The lowest BCUT2D eigenvalue weighted by molar-refractivity contribution is -0.116. The van der Waals surface area contributed by atoms with Crippen molar-refractivity contribution in [3.05, 3.63) is 23.9 Å². The molecule has 1 aliphatic carbocycles. The Morgan fingerprint density at radius 1 is 1.50 bits per heavy atom. The number of carbonyl (C=O) groups is 1. The van der Waals surface area contributed by atoms with Crippen molar-refractivity contribution in [3.63, 3.8) is 0 Å². The van der Waals surface area contributed by atoms with Crippen LogP contribution in [0.25, 0.3) is 0 Å². The summed E-state index contributed by atoms with van der Waals surface area (Å²) < 4.78 is 0. The number of pyridine rings is 1. The Morgan fingerprint density at radius 3 is 3.06 bits per heavy atom. The van der Waals surface area contributed by atoms with E-state index in [1.807, 2.05) is 6.07 Å². The molecule has 2 rings (SSSR count). The summed E-state index contributed by atoms with van der Waals surface area (Å²) >= 11 is 0. The van der Waals surface area contributed by atoms with Crippen LogP contribution in [0.3, 0.4) is 0 Å². The molecule has 0 aliphatic heterocycles.